The zero-order valence-corrected chi connectivity index (χ0v) is 11.8. The van der Waals surface area contributed by atoms with Crippen molar-refractivity contribution < 1.29 is 14.7 Å². The first-order valence-corrected chi connectivity index (χ1v) is 6.98. The van der Waals surface area contributed by atoms with E-state index in [0.717, 1.165) is 12.1 Å². The summed E-state index contributed by atoms with van der Waals surface area (Å²) in [5.41, 5.74) is 1.39. The predicted molar refractivity (Wildman–Crippen MR) is 75.2 cm³/mol. The highest BCUT2D eigenvalue weighted by Crippen LogP contribution is 2.39. The highest BCUT2D eigenvalue weighted by molar-refractivity contribution is 5.95. The van der Waals surface area contributed by atoms with Crippen LogP contribution in [0.4, 0.5) is 5.69 Å². The van der Waals surface area contributed by atoms with E-state index >= 15 is 0 Å². The molecule has 0 radical (unpaired) electrons. The van der Waals surface area contributed by atoms with Crippen LogP contribution in [0.2, 0.25) is 0 Å². The lowest BCUT2D eigenvalue weighted by molar-refractivity contribution is -0.145. The minimum absolute atomic E-state index is 0.204. The summed E-state index contributed by atoms with van der Waals surface area (Å²) in [6.07, 6.45) is 3.82. The number of nitrogens with zero attached hydrogens (tertiary/aromatic N) is 1. The lowest BCUT2D eigenvalue weighted by atomic mass is 9.95. The normalized spacial score (nSPS) is 25.4. The third-order valence-corrected chi connectivity index (χ3v) is 4.16. The number of carboxylic acids is 1. The van der Waals surface area contributed by atoms with E-state index in [-0.39, 0.29) is 5.91 Å². The zero-order valence-electron chi connectivity index (χ0n) is 11.8. The van der Waals surface area contributed by atoms with Crippen LogP contribution in [0.3, 0.4) is 0 Å². The lowest BCUT2D eigenvalue weighted by Gasteiger charge is -2.16. The fraction of sp³-hybridized carbons (Fsp3) is 0.533. The van der Waals surface area contributed by atoms with Gasteiger partial charge in [0.05, 0.1) is 23.2 Å². The summed E-state index contributed by atoms with van der Waals surface area (Å²) in [6, 6.07) is 3.53. The molecule has 0 bridgehead atoms. The quantitative estimate of drug-likeness (QED) is 0.885. The molecule has 108 valence electrons. The molecule has 5 nitrogen and oxygen atoms in total. The van der Waals surface area contributed by atoms with Gasteiger partial charge in [0.1, 0.15) is 0 Å². The maximum atomic E-state index is 12.3. The Morgan fingerprint density at radius 3 is 2.70 bits per heavy atom. The first kappa shape index (κ1) is 14.5. The second-order valence-electron chi connectivity index (χ2n) is 5.42. The topological polar surface area (TPSA) is 79.3 Å². The number of hydrogen-bond acceptors (Lipinski definition) is 3. The Morgan fingerprint density at radius 2 is 2.10 bits per heavy atom. The van der Waals surface area contributed by atoms with Crippen molar-refractivity contribution in [3.05, 3.63) is 24.0 Å². The van der Waals surface area contributed by atoms with Crippen molar-refractivity contribution in [3.63, 3.8) is 0 Å². The Morgan fingerprint density at radius 1 is 1.40 bits per heavy atom. The SMILES string of the molecule is CCC1CC(C(=O)O)C(C(=O)Nc2cccnc2C)C1. The van der Waals surface area contributed by atoms with E-state index in [9.17, 15) is 14.7 Å². The minimum Gasteiger partial charge on any atom is -0.481 e. The molecule has 0 aliphatic heterocycles. The summed E-state index contributed by atoms with van der Waals surface area (Å²) < 4.78 is 0. The number of aryl methyl sites for hydroxylation is 1. The second-order valence-corrected chi connectivity index (χ2v) is 5.42. The maximum Gasteiger partial charge on any atom is 0.307 e. The molecule has 1 aromatic heterocycles. The summed E-state index contributed by atoms with van der Waals surface area (Å²) in [6.45, 7) is 3.85. The van der Waals surface area contributed by atoms with Gasteiger partial charge in [-0.3, -0.25) is 14.6 Å². The number of carboxylic acid groups (broad SMARTS) is 1. The Labute approximate surface area is 118 Å². The van der Waals surface area contributed by atoms with Crippen LogP contribution in [-0.4, -0.2) is 22.0 Å². The monoisotopic (exact) mass is 276 g/mol. The first-order chi connectivity index (χ1) is 9.52. The number of aromatic nitrogens is 1. The van der Waals surface area contributed by atoms with E-state index in [0.29, 0.717) is 24.4 Å². The molecule has 1 aromatic rings. The van der Waals surface area contributed by atoms with Crippen molar-refractivity contribution in [1.82, 2.24) is 4.98 Å². The van der Waals surface area contributed by atoms with Gasteiger partial charge in [-0.05, 0) is 37.8 Å². The number of pyridine rings is 1. The molecule has 20 heavy (non-hydrogen) atoms. The van der Waals surface area contributed by atoms with E-state index in [1.54, 1.807) is 18.3 Å². The fourth-order valence-electron chi connectivity index (χ4n) is 2.88. The van der Waals surface area contributed by atoms with Gasteiger partial charge >= 0.3 is 5.97 Å². The van der Waals surface area contributed by atoms with Crippen LogP contribution in [0.1, 0.15) is 31.9 Å². The summed E-state index contributed by atoms with van der Waals surface area (Å²) in [7, 11) is 0. The molecule has 3 atom stereocenters. The molecular weight excluding hydrogens is 256 g/mol. The smallest absolute Gasteiger partial charge is 0.307 e. The molecule has 2 N–H and O–H groups in total. The molecule has 1 aliphatic carbocycles. The zero-order chi connectivity index (χ0) is 14.7. The van der Waals surface area contributed by atoms with Crippen LogP contribution in [-0.2, 0) is 9.59 Å². The molecular formula is C15H20N2O3. The van der Waals surface area contributed by atoms with Crippen molar-refractivity contribution in [2.45, 2.75) is 33.1 Å². The van der Waals surface area contributed by atoms with Gasteiger partial charge < -0.3 is 10.4 Å². The largest absolute Gasteiger partial charge is 0.481 e. The molecule has 2 rings (SSSR count). The first-order valence-electron chi connectivity index (χ1n) is 6.98. The van der Waals surface area contributed by atoms with Crippen LogP contribution < -0.4 is 5.32 Å². The van der Waals surface area contributed by atoms with E-state index in [1.807, 2.05) is 13.8 Å². The van der Waals surface area contributed by atoms with Gasteiger partial charge in [0, 0.05) is 6.20 Å². The Bertz CT molecular complexity index is 516. The minimum atomic E-state index is -0.871. The van der Waals surface area contributed by atoms with Crippen LogP contribution in [0.15, 0.2) is 18.3 Å². The van der Waals surface area contributed by atoms with Gasteiger partial charge in [-0.15, -0.1) is 0 Å². The average Bonchev–Trinajstić information content (AvgIpc) is 2.86. The maximum absolute atomic E-state index is 12.3. The molecule has 1 fully saturated rings. The van der Waals surface area contributed by atoms with Gasteiger partial charge in [-0.1, -0.05) is 13.3 Å². The molecule has 1 heterocycles. The molecule has 0 spiro atoms. The molecule has 1 saturated carbocycles. The van der Waals surface area contributed by atoms with Gasteiger partial charge in [0.2, 0.25) is 5.91 Å². The number of aliphatic carboxylic acids is 1. The van der Waals surface area contributed by atoms with E-state index < -0.39 is 17.8 Å². The number of anilines is 1. The number of carbonyl (C=O) groups is 2. The molecule has 1 aliphatic rings. The third kappa shape index (κ3) is 2.98. The number of amides is 1. The van der Waals surface area contributed by atoms with E-state index in [4.69, 9.17) is 0 Å². The van der Waals surface area contributed by atoms with Crippen molar-refractivity contribution in [3.8, 4) is 0 Å². The molecule has 3 unspecified atom stereocenters. The van der Waals surface area contributed by atoms with E-state index in [1.165, 1.54) is 0 Å². The Hall–Kier alpha value is -1.91. The van der Waals surface area contributed by atoms with Crippen molar-refractivity contribution >= 4 is 17.6 Å². The predicted octanol–water partition coefficient (Wildman–Crippen LogP) is 2.47. The molecule has 1 amide bonds. The van der Waals surface area contributed by atoms with Crippen molar-refractivity contribution in [2.24, 2.45) is 17.8 Å². The second kappa shape index (κ2) is 6.03. The molecule has 5 heteroatoms. The summed E-state index contributed by atoms with van der Waals surface area (Å²) >= 11 is 0. The molecule has 0 saturated heterocycles. The van der Waals surface area contributed by atoms with Crippen LogP contribution in [0.5, 0.6) is 0 Å². The van der Waals surface area contributed by atoms with Crippen molar-refractivity contribution in [2.75, 3.05) is 5.32 Å². The summed E-state index contributed by atoms with van der Waals surface area (Å²) in [5, 5.41) is 12.1. The fourth-order valence-corrected chi connectivity index (χ4v) is 2.88. The number of nitrogens with one attached hydrogen (secondary N) is 1. The average molecular weight is 276 g/mol. The molecule has 0 aromatic carbocycles. The van der Waals surface area contributed by atoms with E-state index in [2.05, 4.69) is 10.3 Å². The summed E-state index contributed by atoms with van der Waals surface area (Å²) in [4.78, 5) is 27.8. The van der Waals surface area contributed by atoms with Crippen LogP contribution >= 0.6 is 0 Å². The van der Waals surface area contributed by atoms with Gasteiger partial charge in [0.25, 0.3) is 0 Å². The van der Waals surface area contributed by atoms with Crippen LogP contribution in [0.25, 0.3) is 0 Å². The highest BCUT2D eigenvalue weighted by atomic mass is 16.4. The number of hydrogen-bond donors (Lipinski definition) is 2. The summed E-state index contributed by atoms with van der Waals surface area (Å²) in [5.74, 6) is -1.77. The highest BCUT2D eigenvalue weighted by Gasteiger charge is 2.42. The third-order valence-electron chi connectivity index (χ3n) is 4.16. The van der Waals surface area contributed by atoms with Gasteiger partial charge in [-0.2, -0.15) is 0 Å². The number of rotatable bonds is 4. The van der Waals surface area contributed by atoms with Crippen LogP contribution in [0, 0.1) is 24.7 Å². The Kier molecular flexibility index (Phi) is 4.37. The number of carbonyl (C=O) groups excluding carboxylic acids is 1. The van der Waals surface area contributed by atoms with Crippen molar-refractivity contribution in [1.29, 1.82) is 0 Å². The van der Waals surface area contributed by atoms with Gasteiger partial charge in [-0.25, -0.2) is 0 Å². The lowest BCUT2D eigenvalue weighted by Crippen LogP contribution is -2.30. The van der Waals surface area contributed by atoms with Gasteiger partial charge in [0.15, 0.2) is 0 Å². The standard InChI is InChI=1S/C15H20N2O3/c1-3-10-7-11(12(8-10)15(19)20)14(18)17-13-5-4-6-16-9(13)2/h4-6,10-12H,3,7-8H2,1-2H3,(H,17,18)(H,19,20). The Balaban J connectivity index is 2.11.